The number of carbonyl (C=O) groups is 1. The number of esters is 1. The fraction of sp³-hybridized carbons (Fsp3) is 0.500. The number of piperidine rings is 1. The molecule has 106 valence electrons. The summed E-state index contributed by atoms with van der Waals surface area (Å²) in [5.41, 5.74) is 7.82. The summed E-state index contributed by atoms with van der Waals surface area (Å²) < 4.78 is 4.81. The van der Waals surface area contributed by atoms with Crippen molar-refractivity contribution in [3.05, 3.63) is 35.4 Å². The van der Waals surface area contributed by atoms with Crippen LogP contribution in [-0.2, 0) is 4.74 Å². The summed E-state index contributed by atoms with van der Waals surface area (Å²) in [6.07, 6.45) is 2.10. The Balaban J connectivity index is 0.00000180. The standard InChI is InChI=1S/C14H20N2O2.ClH/c1-18-14(17)12-5-3-2-4-11(12)13(15)10-6-8-16-9-7-10;/h2-5,10,13,16H,6-9,15H2,1H3;1H/t13-;/m1./s1. The summed E-state index contributed by atoms with van der Waals surface area (Å²) in [5, 5.41) is 3.32. The van der Waals surface area contributed by atoms with Crippen LogP contribution < -0.4 is 11.1 Å². The van der Waals surface area contributed by atoms with Crippen LogP contribution in [0.25, 0.3) is 0 Å². The Labute approximate surface area is 120 Å². The van der Waals surface area contributed by atoms with Gasteiger partial charge in [-0.3, -0.25) is 0 Å². The number of carbonyl (C=O) groups excluding carboxylic acids is 1. The lowest BCUT2D eigenvalue weighted by molar-refractivity contribution is 0.0598. The smallest absolute Gasteiger partial charge is 0.338 e. The van der Waals surface area contributed by atoms with Crippen molar-refractivity contribution in [3.8, 4) is 0 Å². The summed E-state index contributed by atoms with van der Waals surface area (Å²) in [7, 11) is 1.40. The molecule has 1 saturated heterocycles. The average Bonchev–Trinajstić information content (AvgIpc) is 2.46. The molecule has 4 nitrogen and oxygen atoms in total. The highest BCUT2D eigenvalue weighted by Crippen LogP contribution is 2.29. The Morgan fingerprint density at radius 1 is 1.37 bits per heavy atom. The first-order valence-electron chi connectivity index (χ1n) is 6.37. The van der Waals surface area contributed by atoms with Crippen LogP contribution in [0.4, 0.5) is 0 Å². The van der Waals surface area contributed by atoms with E-state index in [1.807, 2.05) is 18.2 Å². The third-order valence-corrected chi connectivity index (χ3v) is 3.62. The minimum Gasteiger partial charge on any atom is -0.465 e. The van der Waals surface area contributed by atoms with E-state index in [9.17, 15) is 4.79 Å². The average molecular weight is 285 g/mol. The molecule has 1 aromatic rings. The third-order valence-electron chi connectivity index (χ3n) is 3.62. The lowest BCUT2D eigenvalue weighted by atomic mass is 9.85. The van der Waals surface area contributed by atoms with Gasteiger partial charge < -0.3 is 15.8 Å². The van der Waals surface area contributed by atoms with Gasteiger partial charge in [0.25, 0.3) is 0 Å². The molecule has 1 fully saturated rings. The highest BCUT2D eigenvalue weighted by molar-refractivity contribution is 5.91. The maximum absolute atomic E-state index is 11.7. The first-order valence-corrected chi connectivity index (χ1v) is 6.37. The lowest BCUT2D eigenvalue weighted by Gasteiger charge is -2.29. The van der Waals surface area contributed by atoms with Crippen molar-refractivity contribution in [2.75, 3.05) is 20.2 Å². The Morgan fingerprint density at radius 2 is 2.00 bits per heavy atom. The molecule has 0 aromatic heterocycles. The van der Waals surface area contributed by atoms with E-state index in [1.54, 1.807) is 6.07 Å². The van der Waals surface area contributed by atoms with E-state index in [-0.39, 0.29) is 24.4 Å². The molecule has 0 spiro atoms. The zero-order valence-electron chi connectivity index (χ0n) is 11.1. The summed E-state index contributed by atoms with van der Waals surface area (Å²) in [4.78, 5) is 11.7. The normalized spacial score (nSPS) is 17.4. The molecule has 0 unspecified atom stereocenters. The van der Waals surface area contributed by atoms with Gasteiger partial charge in [-0.15, -0.1) is 12.4 Å². The molecule has 1 atom stereocenters. The van der Waals surface area contributed by atoms with Gasteiger partial charge in [0, 0.05) is 6.04 Å². The van der Waals surface area contributed by atoms with E-state index in [1.165, 1.54) is 7.11 Å². The number of halogens is 1. The second-order valence-electron chi connectivity index (χ2n) is 4.69. The van der Waals surface area contributed by atoms with Crippen molar-refractivity contribution < 1.29 is 9.53 Å². The molecule has 1 aromatic carbocycles. The first-order chi connectivity index (χ1) is 8.74. The van der Waals surface area contributed by atoms with Gasteiger partial charge in [-0.1, -0.05) is 18.2 Å². The van der Waals surface area contributed by atoms with Crippen molar-refractivity contribution in [3.63, 3.8) is 0 Å². The molecule has 2 rings (SSSR count). The number of methoxy groups -OCH3 is 1. The van der Waals surface area contributed by atoms with Crippen LogP contribution in [0.2, 0.25) is 0 Å². The molecule has 1 aliphatic rings. The SMILES string of the molecule is COC(=O)c1ccccc1[C@H](N)C1CCNCC1.Cl. The quantitative estimate of drug-likeness (QED) is 0.832. The fourth-order valence-electron chi connectivity index (χ4n) is 2.54. The van der Waals surface area contributed by atoms with Gasteiger partial charge in [-0.2, -0.15) is 0 Å². The van der Waals surface area contributed by atoms with Crippen LogP contribution in [0, 0.1) is 5.92 Å². The van der Waals surface area contributed by atoms with E-state index >= 15 is 0 Å². The minimum atomic E-state index is -0.310. The van der Waals surface area contributed by atoms with Crippen molar-refractivity contribution >= 4 is 18.4 Å². The molecule has 3 N–H and O–H groups in total. The lowest BCUT2D eigenvalue weighted by Crippen LogP contribution is -2.34. The number of hydrogen-bond donors (Lipinski definition) is 2. The molecular formula is C14H21ClN2O2. The summed E-state index contributed by atoms with van der Waals surface area (Å²) in [6.45, 7) is 2.00. The van der Waals surface area contributed by atoms with E-state index < -0.39 is 0 Å². The van der Waals surface area contributed by atoms with Gasteiger partial charge in [0.05, 0.1) is 12.7 Å². The monoisotopic (exact) mass is 284 g/mol. The van der Waals surface area contributed by atoms with Crippen LogP contribution in [-0.4, -0.2) is 26.2 Å². The molecule has 1 heterocycles. The number of rotatable bonds is 3. The van der Waals surface area contributed by atoms with Gasteiger partial charge in [0.15, 0.2) is 0 Å². The van der Waals surface area contributed by atoms with Gasteiger partial charge in [-0.05, 0) is 43.5 Å². The highest BCUT2D eigenvalue weighted by atomic mass is 35.5. The number of benzene rings is 1. The molecule has 0 saturated carbocycles. The topological polar surface area (TPSA) is 64.3 Å². The molecule has 0 amide bonds. The van der Waals surface area contributed by atoms with E-state index in [4.69, 9.17) is 10.5 Å². The molecular weight excluding hydrogens is 264 g/mol. The summed E-state index contributed by atoms with van der Waals surface area (Å²) >= 11 is 0. The number of nitrogens with one attached hydrogen (secondary N) is 1. The van der Waals surface area contributed by atoms with Gasteiger partial charge in [0.1, 0.15) is 0 Å². The fourth-order valence-corrected chi connectivity index (χ4v) is 2.54. The Hall–Kier alpha value is -1.10. The zero-order valence-corrected chi connectivity index (χ0v) is 11.9. The third kappa shape index (κ3) is 3.69. The molecule has 0 bridgehead atoms. The van der Waals surface area contributed by atoms with Gasteiger partial charge in [-0.25, -0.2) is 4.79 Å². The Kier molecular flexibility index (Phi) is 6.28. The summed E-state index contributed by atoms with van der Waals surface area (Å²) in [6, 6.07) is 7.37. The second kappa shape index (κ2) is 7.48. The number of ether oxygens (including phenoxy) is 1. The maximum Gasteiger partial charge on any atom is 0.338 e. The summed E-state index contributed by atoms with van der Waals surface area (Å²) in [5.74, 6) is 0.118. The molecule has 1 aliphatic heterocycles. The maximum atomic E-state index is 11.7. The van der Waals surface area contributed by atoms with Crippen LogP contribution in [0.15, 0.2) is 24.3 Å². The van der Waals surface area contributed by atoms with E-state index in [0.717, 1.165) is 31.5 Å². The largest absolute Gasteiger partial charge is 0.465 e. The van der Waals surface area contributed by atoms with Crippen molar-refractivity contribution in [2.45, 2.75) is 18.9 Å². The predicted molar refractivity (Wildman–Crippen MR) is 77.6 cm³/mol. The van der Waals surface area contributed by atoms with Crippen molar-refractivity contribution in [1.82, 2.24) is 5.32 Å². The first kappa shape index (κ1) is 16.0. The van der Waals surface area contributed by atoms with Gasteiger partial charge in [0.2, 0.25) is 0 Å². The molecule has 19 heavy (non-hydrogen) atoms. The number of hydrogen-bond acceptors (Lipinski definition) is 4. The van der Waals surface area contributed by atoms with Gasteiger partial charge >= 0.3 is 5.97 Å². The minimum absolute atomic E-state index is 0. The van der Waals surface area contributed by atoms with Crippen LogP contribution in [0.1, 0.15) is 34.8 Å². The van der Waals surface area contributed by atoms with E-state index in [0.29, 0.717) is 11.5 Å². The van der Waals surface area contributed by atoms with Crippen molar-refractivity contribution in [1.29, 1.82) is 0 Å². The Morgan fingerprint density at radius 3 is 2.63 bits per heavy atom. The van der Waals surface area contributed by atoms with Crippen LogP contribution in [0.3, 0.4) is 0 Å². The van der Waals surface area contributed by atoms with Crippen LogP contribution in [0.5, 0.6) is 0 Å². The highest BCUT2D eigenvalue weighted by Gasteiger charge is 2.25. The number of nitrogens with two attached hydrogens (primary N) is 1. The zero-order chi connectivity index (χ0) is 13.0. The predicted octanol–water partition coefficient (Wildman–Crippen LogP) is 1.89. The Bertz CT molecular complexity index is 420. The van der Waals surface area contributed by atoms with Crippen molar-refractivity contribution in [2.24, 2.45) is 11.7 Å². The second-order valence-corrected chi connectivity index (χ2v) is 4.69. The van der Waals surface area contributed by atoms with E-state index in [2.05, 4.69) is 5.32 Å². The molecule has 5 heteroatoms. The molecule has 0 aliphatic carbocycles. The van der Waals surface area contributed by atoms with Crippen LogP contribution >= 0.6 is 12.4 Å². The molecule has 0 radical (unpaired) electrons.